The molecule has 1 aromatic heterocycles. The summed E-state index contributed by atoms with van der Waals surface area (Å²) < 4.78 is 25.5. The minimum absolute atomic E-state index is 0.00350. The molecule has 0 radical (unpaired) electrons. The van der Waals surface area contributed by atoms with Gasteiger partial charge in [0, 0.05) is 17.7 Å². The smallest absolute Gasteiger partial charge is 0.340 e. The van der Waals surface area contributed by atoms with Gasteiger partial charge in [-0.05, 0) is 24.3 Å². The molecular weight excluding hydrogens is 444 g/mol. The van der Waals surface area contributed by atoms with E-state index in [9.17, 15) is 35.1 Å². The van der Waals surface area contributed by atoms with Crippen molar-refractivity contribution in [3.05, 3.63) is 46.6 Å². The lowest BCUT2D eigenvalue weighted by molar-refractivity contribution is -0.364. The van der Waals surface area contributed by atoms with Gasteiger partial charge in [-0.25, -0.2) is 4.79 Å². The van der Waals surface area contributed by atoms with Crippen LogP contribution in [-0.4, -0.2) is 63.6 Å². The number of fused-ring (bicyclic) bond motifs is 1. The fraction of sp³-hybridized carbons (Fsp3) is 0.238. The fourth-order valence-electron chi connectivity index (χ4n) is 3.18. The summed E-state index contributed by atoms with van der Waals surface area (Å²) in [5.41, 5.74) is -0.423. The van der Waals surface area contributed by atoms with Crippen molar-refractivity contribution >= 4 is 16.9 Å². The molecule has 1 saturated heterocycles. The minimum Gasteiger partial charge on any atom is -0.508 e. The van der Waals surface area contributed by atoms with Gasteiger partial charge in [0.25, 0.3) is 6.29 Å². The SMILES string of the molecule is COC(=O)C1OC(Oc2cc3oc(-c4ccc(O)cc4)cc(=O)c3c(O)c2O)C(O)OC1O. The number of carbonyl (C=O) groups is 1. The van der Waals surface area contributed by atoms with Gasteiger partial charge in [0.05, 0.1) is 7.11 Å². The van der Waals surface area contributed by atoms with Gasteiger partial charge in [0.1, 0.15) is 22.5 Å². The lowest BCUT2D eigenvalue weighted by atomic mass is 10.1. The zero-order valence-electron chi connectivity index (χ0n) is 16.9. The van der Waals surface area contributed by atoms with Crippen LogP contribution in [0.15, 0.2) is 45.6 Å². The van der Waals surface area contributed by atoms with Crippen LogP contribution >= 0.6 is 0 Å². The van der Waals surface area contributed by atoms with Crippen molar-refractivity contribution in [1.29, 1.82) is 0 Å². The van der Waals surface area contributed by atoms with E-state index in [1.807, 2.05) is 0 Å². The summed E-state index contributed by atoms with van der Waals surface area (Å²) in [7, 11) is 1.04. The van der Waals surface area contributed by atoms with Crippen LogP contribution in [0.2, 0.25) is 0 Å². The standard InChI is InChI=1S/C21H18O12/c1-29-18(26)17-19(27)33-20(28)21(32-17)31-13-7-12-14(16(25)15(13)24)10(23)6-11(30-12)8-2-4-9(22)5-3-8/h2-7,17,19-22,24-25,27-28H,1H3. The van der Waals surface area contributed by atoms with Crippen molar-refractivity contribution in [2.45, 2.75) is 25.0 Å². The average Bonchev–Trinajstić information content (AvgIpc) is 2.78. The Morgan fingerprint density at radius 1 is 0.970 bits per heavy atom. The predicted octanol–water partition coefficient (Wildman–Crippen LogP) is 0.507. The molecule has 0 amide bonds. The summed E-state index contributed by atoms with van der Waals surface area (Å²) in [6, 6.07) is 7.92. The van der Waals surface area contributed by atoms with Crippen LogP contribution in [0.3, 0.4) is 0 Å². The number of rotatable bonds is 4. The largest absolute Gasteiger partial charge is 0.508 e. The molecule has 174 valence electrons. The highest BCUT2D eigenvalue weighted by atomic mass is 16.8. The third-order valence-electron chi connectivity index (χ3n) is 4.81. The van der Waals surface area contributed by atoms with Crippen molar-refractivity contribution < 1.29 is 53.7 Å². The predicted molar refractivity (Wildman–Crippen MR) is 107 cm³/mol. The van der Waals surface area contributed by atoms with Crippen LogP contribution in [0.25, 0.3) is 22.3 Å². The molecule has 0 bridgehead atoms. The second-order valence-electron chi connectivity index (χ2n) is 6.95. The Labute approximate surface area is 184 Å². The van der Waals surface area contributed by atoms with E-state index in [0.717, 1.165) is 19.2 Å². The highest BCUT2D eigenvalue weighted by molar-refractivity contribution is 5.89. The number of aromatic hydroxyl groups is 3. The molecule has 3 aromatic rings. The number of aliphatic hydroxyl groups is 2. The number of phenols is 3. The second kappa shape index (κ2) is 8.60. The van der Waals surface area contributed by atoms with Gasteiger partial charge >= 0.3 is 5.97 Å². The highest BCUT2D eigenvalue weighted by Gasteiger charge is 2.43. The van der Waals surface area contributed by atoms with Crippen molar-refractivity contribution in [2.75, 3.05) is 7.11 Å². The van der Waals surface area contributed by atoms with Gasteiger partial charge < -0.3 is 48.9 Å². The van der Waals surface area contributed by atoms with Crippen LogP contribution in [0.1, 0.15) is 0 Å². The maximum atomic E-state index is 12.6. The van der Waals surface area contributed by atoms with Gasteiger partial charge in [-0.15, -0.1) is 0 Å². The van der Waals surface area contributed by atoms with Gasteiger partial charge in [0.15, 0.2) is 23.2 Å². The second-order valence-corrected chi connectivity index (χ2v) is 6.95. The van der Waals surface area contributed by atoms with Crippen molar-refractivity contribution in [3.8, 4) is 34.3 Å². The molecule has 0 saturated carbocycles. The molecule has 12 heteroatoms. The van der Waals surface area contributed by atoms with E-state index in [1.165, 1.54) is 24.3 Å². The zero-order valence-corrected chi connectivity index (χ0v) is 16.9. The Morgan fingerprint density at radius 2 is 1.67 bits per heavy atom. The molecular formula is C21H18O12. The number of carbonyl (C=O) groups excluding carboxylic acids is 1. The molecule has 0 spiro atoms. The summed E-state index contributed by atoms with van der Waals surface area (Å²) in [6.07, 6.45) is -7.16. The first-order valence-corrected chi connectivity index (χ1v) is 9.43. The van der Waals surface area contributed by atoms with Crippen molar-refractivity contribution in [3.63, 3.8) is 0 Å². The molecule has 1 fully saturated rings. The third-order valence-corrected chi connectivity index (χ3v) is 4.81. The van der Waals surface area contributed by atoms with E-state index in [1.54, 1.807) is 0 Å². The number of ether oxygens (including phenoxy) is 4. The van der Waals surface area contributed by atoms with Crippen molar-refractivity contribution in [2.24, 2.45) is 0 Å². The van der Waals surface area contributed by atoms with E-state index in [-0.39, 0.29) is 22.5 Å². The molecule has 2 aromatic carbocycles. The van der Waals surface area contributed by atoms with Crippen LogP contribution in [0, 0.1) is 0 Å². The third kappa shape index (κ3) is 4.15. The molecule has 33 heavy (non-hydrogen) atoms. The summed E-state index contributed by atoms with van der Waals surface area (Å²) >= 11 is 0. The number of hydrogen-bond acceptors (Lipinski definition) is 12. The van der Waals surface area contributed by atoms with Gasteiger partial charge in [-0.2, -0.15) is 0 Å². The summed E-state index contributed by atoms with van der Waals surface area (Å²) in [4.78, 5) is 24.3. The maximum absolute atomic E-state index is 12.6. The van der Waals surface area contributed by atoms with Gasteiger partial charge in [0.2, 0.25) is 18.1 Å². The molecule has 12 nitrogen and oxygen atoms in total. The Kier molecular flexibility index (Phi) is 5.82. The number of phenolic OH excluding ortho intramolecular Hbond substituents is 3. The molecule has 1 aliphatic rings. The molecule has 0 aliphatic carbocycles. The van der Waals surface area contributed by atoms with E-state index in [2.05, 4.69) is 4.74 Å². The maximum Gasteiger partial charge on any atom is 0.340 e. The Morgan fingerprint density at radius 3 is 2.33 bits per heavy atom. The van der Waals surface area contributed by atoms with Crippen LogP contribution < -0.4 is 10.2 Å². The molecule has 5 N–H and O–H groups in total. The summed E-state index contributed by atoms with van der Waals surface area (Å²) in [5.74, 6) is -3.14. The minimum atomic E-state index is -1.89. The van der Waals surface area contributed by atoms with Crippen LogP contribution in [-0.2, 0) is 19.0 Å². The quantitative estimate of drug-likeness (QED) is 0.268. The van der Waals surface area contributed by atoms with Crippen molar-refractivity contribution in [1.82, 2.24) is 0 Å². The number of methoxy groups -OCH3 is 1. The van der Waals surface area contributed by atoms with Gasteiger partial charge in [-0.3, -0.25) is 4.79 Å². The van der Waals surface area contributed by atoms with Gasteiger partial charge in [-0.1, -0.05) is 0 Å². The van der Waals surface area contributed by atoms with Crippen LogP contribution in [0.5, 0.6) is 23.0 Å². The molecule has 1 aliphatic heterocycles. The first kappa shape index (κ1) is 22.4. The Bertz CT molecular complexity index is 1250. The average molecular weight is 462 g/mol. The van der Waals surface area contributed by atoms with E-state index < -0.39 is 53.6 Å². The number of hydrogen-bond donors (Lipinski definition) is 5. The molecule has 2 heterocycles. The lowest BCUT2D eigenvalue weighted by Crippen LogP contribution is -2.54. The first-order chi connectivity index (χ1) is 15.7. The van der Waals surface area contributed by atoms with E-state index in [0.29, 0.717) is 5.56 Å². The topological polar surface area (TPSA) is 185 Å². The van der Waals surface area contributed by atoms with E-state index in [4.69, 9.17) is 18.6 Å². The summed E-state index contributed by atoms with van der Waals surface area (Å²) in [5, 5.41) is 49.5. The molecule has 4 rings (SSSR count). The Hall–Kier alpha value is -3.84. The number of benzene rings is 2. The normalized spacial score (nSPS) is 22.8. The number of aliphatic hydroxyl groups excluding tert-OH is 2. The first-order valence-electron chi connectivity index (χ1n) is 9.43. The molecule has 4 atom stereocenters. The Balaban J connectivity index is 1.73. The monoisotopic (exact) mass is 462 g/mol. The zero-order chi connectivity index (χ0) is 23.9. The number of esters is 1. The highest BCUT2D eigenvalue weighted by Crippen LogP contribution is 2.42. The summed E-state index contributed by atoms with van der Waals surface area (Å²) in [6.45, 7) is 0. The molecule has 4 unspecified atom stereocenters. The lowest BCUT2D eigenvalue weighted by Gasteiger charge is -2.35. The fourth-order valence-corrected chi connectivity index (χ4v) is 3.18. The van der Waals surface area contributed by atoms with E-state index >= 15 is 0 Å². The van der Waals surface area contributed by atoms with Crippen LogP contribution in [0.4, 0.5) is 0 Å².